The highest BCUT2D eigenvalue weighted by atomic mass is 16.4. The van der Waals surface area contributed by atoms with Crippen molar-refractivity contribution in [2.45, 2.75) is 108 Å². The molecule has 0 heterocycles. The molecule has 3 aliphatic carbocycles. The molecule has 0 unspecified atom stereocenters. The van der Waals surface area contributed by atoms with Crippen LogP contribution >= 0.6 is 0 Å². The molecule has 3 nitrogen and oxygen atoms in total. The van der Waals surface area contributed by atoms with Gasteiger partial charge in [0.1, 0.15) is 0 Å². The summed E-state index contributed by atoms with van der Waals surface area (Å²) < 4.78 is 0. The first-order valence-electron chi connectivity index (χ1n) is 9.72. The Balaban J connectivity index is 0.000000172. The van der Waals surface area contributed by atoms with Crippen LogP contribution in [0.4, 0.5) is 0 Å². The van der Waals surface area contributed by atoms with Crippen LogP contribution in [0.2, 0.25) is 0 Å². The third-order valence-corrected chi connectivity index (χ3v) is 5.62. The second-order valence-electron chi connectivity index (χ2n) is 7.58. The molecule has 0 aromatic rings. The van der Waals surface area contributed by atoms with Gasteiger partial charge in [0.25, 0.3) is 0 Å². The number of rotatable bonds is 4. The molecule has 0 aliphatic heterocycles. The molecule has 0 aromatic heterocycles. The first kappa shape index (κ1) is 17.8. The van der Waals surface area contributed by atoms with E-state index in [2.05, 4.69) is 5.32 Å². The Kier molecular flexibility index (Phi) is 8.28. The number of aliphatic carboxylic acids is 1. The molecule has 22 heavy (non-hydrogen) atoms. The van der Waals surface area contributed by atoms with E-state index in [1.165, 1.54) is 77.0 Å². The molecular weight excluding hydrogens is 274 g/mol. The van der Waals surface area contributed by atoms with Crippen molar-refractivity contribution in [1.82, 2.24) is 5.32 Å². The fraction of sp³-hybridized carbons (Fsp3) is 0.947. The Morgan fingerprint density at radius 2 is 1.14 bits per heavy atom. The average Bonchev–Trinajstić information content (AvgIpc) is 3.02. The van der Waals surface area contributed by atoms with Crippen LogP contribution in [-0.4, -0.2) is 23.2 Å². The number of carbonyl (C=O) groups is 1. The largest absolute Gasteiger partial charge is 0.481 e. The molecule has 0 aromatic carbocycles. The maximum atomic E-state index is 10.2. The smallest absolute Gasteiger partial charge is 0.303 e. The maximum absolute atomic E-state index is 10.2. The zero-order chi connectivity index (χ0) is 15.6. The summed E-state index contributed by atoms with van der Waals surface area (Å²) in [6.07, 6.45) is 19.7. The summed E-state index contributed by atoms with van der Waals surface area (Å²) in [4.78, 5) is 10.2. The van der Waals surface area contributed by atoms with E-state index in [1.54, 1.807) is 0 Å². The Labute approximate surface area is 136 Å². The van der Waals surface area contributed by atoms with E-state index in [4.69, 9.17) is 5.11 Å². The summed E-state index contributed by atoms with van der Waals surface area (Å²) in [5, 5.41) is 12.2. The van der Waals surface area contributed by atoms with E-state index in [0.29, 0.717) is 12.3 Å². The molecule has 3 heteroatoms. The monoisotopic (exact) mass is 309 g/mol. The van der Waals surface area contributed by atoms with Gasteiger partial charge in [0, 0.05) is 18.5 Å². The number of hydrogen-bond acceptors (Lipinski definition) is 2. The summed E-state index contributed by atoms with van der Waals surface area (Å²) in [5.74, 6) is -0.149. The van der Waals surface area contributed by atoms with Crippen LogP contribution < -0.4 is 5.32 Å². The lowest BCUT2D eigenvalue weighted by atomic mass is 9.91. The summed E-state index contributed by atoms with van der Waals surface area (Å²) in [6, 6.07) is 1.74. The Bertz CT molecular complexity index is 285. The van der Waals surface area contributed by atoms with Crippen molar-refractivity contribution in [1.29, 1.82) is 0 Å². The number of hydrogen-bond donors (Lipinski definition) is 2. The second kappa shape index (κ2) is 10.3. The van der Waals surface area contributed by atoms with E-state index >= 15 is 0 Å². The lowest BCUT2D eigenvalue weighted by molar-refractivity contribution is -0.138. The number of carboxylic acids is 1. The fourth-order valence-electron chi connectivity index (χ4n) is 4.33. The van der Waals surface area contributed by atoms with E-state index < -0.39 is 5.97 Å². The van der Waals surface area contributed by atoms with Gasteiger partial charge < -0.3 is 10.4 Å². The van der Waals surface area contributed by atoms with Gasteiger partial charge in [-0.3, -0.25) is 4.79 Å². The summed E-state index contributed by atoms with van der Waals surface area (Å²) >= 11 is 0. The summed E-state index contributed by atoms with van der Waals surface area (Å²) in [5.41, 5.74) is 0. The van der Waals surface area contributed by atoms with Crippen LogP contribution in [0.5, 0.6) is 0 Å². The van der Waals surface area contributed by atoms with Gasteiger partial charge in [-0.15, -0.1) is 0 Å². The molecule has 3 aliphatic rings. The van der Waals surface area contributed by atoms with Gasteiger partial charge in [-0.25, -0.2) is 0 Å². The standard InChI is InChI=1S/C12H23N.C7H12O2/c1-3-7-11(8-4-1)13-12-9-5-2-6-10-12;8-7(9)5-6-3-1-2-4-6/h11-13H,1-10H2;6H,1-5H2,(H,8,9). The molecule has 0 bridgehead atoms. The molecule has 0 atom stereocenters. The van der Waals surface area contributed by atoms with Crippen LogP contribution in [0.1, 0.15) is 96.3 Å². The predicted octanol–water partition coefficient (Wildman–Crippen LogP) is 4.89. The van der Waals surface area contributed by atoms with E-state index in [0.717, 1.165) is 24.9 Å². The van der Waals surface area contributed by atoms with Gasteiger partial charge in [0.15, 0.2) is 0 Å². The van der Waals surface area contributed by atoms with Gasteiger partial charge in [-0.05, 0) is 44.4 Å². The van der Waals surface area contributed by atoms with Crippen LogP contribution in [0.3, 0.4) is 0 Å². The van der Waals surface area contributed by atoms with Crippen LogP contribution in [0, 0.1) is 5.92 Å². The molecular formula is C19H35NO2. The number of carboxylic acid groups (broad SMARTS) is 1. The van der Waals surface area contributed by atoms with E-state index in [9.17, 15) is 4.79 Å². The van der Waals surface area contributed by atoms with Crippen LogP contribution in [-0.2, 0) is 4.79 Å². The van der Waals surface area contributed by atoms with Crippen molar-refractivity contribution in [2.75, 3.05) is 0 Å². The normalized spacial score (nSPS) is 24.7. The quantitative estimate of drug-likeness (QED) is 0.777. The molecule has 2 N–H and O–H groups in total. The van der Waals surface area contributed by atoms with Crippen molar-refractivity contribution >= 4 is 5.97 Å². The van der Waals surface area contributed by atoms with Gasteiger partial charge >= 0.3 is 5.97 Å². The van der Waals surface area contributed by atoms with E-state index in [-0.39, 0.29) is 0 Å². The molecule has 0 radical (unpaired) electrons. The fourth-order valence-corrected chi connectivity index (χ4v) is 4.33. The maximum Gasteiger partial charge on any atom is 0.303 e. The minimum absolute atomic E-state index is 0.389. The first-order valence-corrected chi connectivity index (χ1v) is 9.72. The van der Waals surface area contributed by atoms with Crippen LogP contribution in [0.15, 0.2) is 0 Å². The third-order valence-electron chi connectivity index (χ3n) is 5.62. The highest BCUT2D eigenvalue weighted by Crippen LogP contribution is 2.27. The second-order valence-corrected chi connectivity index (χ2v) is 7.58. The van der Waals surface area contributed by atoms with Gasteiger partial charge in [-0.2, -0.15) is 0 Å². The molecule has 3 saturated carbocycles. The first-order chi connectivity index (χ1) is 10.7. The predicted molar refractivity (Wildman–Crippen MR) is 91.1 cm³/mol. The molecule has 128 valence electrons. The van der Waals surface area contributed by atoms with Gasteiger partial charge in [0.05, 0.1) is 0 Å². The van der Waals surface area contributed by atoms with Crippen LogP contribution in [0.25, 0.3) is 0 Å². The topological polar surface area (TPSA) is 49.3 Å². The zero-order valence-corrected chi connectivity index (χ0v) is 14.2. The molecule has 3 fully saturated rings. The minimum atomic E-state index is -0.637. The average molecular weight is 309 g/mol. The van der Waals surface area contributed by atoms with Crippen molar-refractivity contribution in [3.63, 3.8) is 0 Å². The Morgan fingerprint density at radius 3 is 1.55 bits per heavy atom. The van der Waals surface area contributed by atoms with Crippen molar-refractivity contribution < 1.29 is 9.90 Å². The summed E-state index contributed by atoms with van der Waals surface area (Å²) in [6.45, 7) is 0. The highest BCUT2D eigenvalue weighted by Gasteiger charge is 2.19. The summed E-state index contributed by atoms with van der Waals surface area (Å²) in [7, 11) is 0. The molecule has 3 rings (SSSR count). The lowest BCUT2D eigenvalue weighted by Crippen LogP contribution is -2.40. The highest BCUT2D eigenvalue weighted by molar-refractivity contribution is 5.67. The van der Waals surface area contributed by atoms with Crippen molar-refractivity contribution in [2.24, 2.45) is 5.92 Å². The Morgan fingerprint density at radius 1 is 0.727 bits per heavy atom. The van der Waals surface area contributed by atoms with Gasteiger partial charge in [0.2, 0.25) is 0 Å². The number of nitrogens with one attached hydrogen (secondary N) is 1. The van der Waals surface area contributed by atoms with Crippen molar-refractivity contribution in [3.8, 4) is 0 Å². The molecule has 0 saturated heterocycles. The lowest BCUT2D eigenvalue weighted by Gasteiger charge is -2.30. The molecule has 0 amide bonds. The van der Waals surface area contributed by atoms with Crippen molar-refractivity contribution in [3.05, 3.63) is 0 Å². The minimum Gasteiger partial charge on any atom is -0.481 e. The third kappa shape index (κ3) is 7.13. The zero-order valence-electron chi connectivity index (χ0n) is 14.2. The Hall–Kier alpha value is -0.570. The van der Waals surface area contributed by atoms with Gasteiger partial charge in [-0.1, -0.05) is 51.4 Å². The SMILES string of the molecule is C1CCC(NC2CCCCC2)CC1.O=C(O)CC1CCCC1. The molecule has 0 spiro atoms. The van der Waals surface area contributed by atoms with E-state index in [1.807, 2.05) is 0 Å².